The molecule has 1 aliphatic carbocycles. The summed E-state index contributed by atoms with van der Waals surface area (Å²) < 4.78 is 2.07. The number of hydrogen-bond donors (Lipinski definition) is 1. The third-order valence-corrected chi connectivity index (χ3v) is 4.66. The lowest BCUT2D eigenvalue weighted by atomic mass is 10.1. The molecule has 116 valence electrons. The molecule has 0 spiro atoms. The Hall–Kier alpha value is -1.82. The van der Waals surface area contributed by atoms with E-state index >= 15 is 0 Å². The molecule has 1 N–H and O–H groups in total. The van der Waals surface area contributed by atoms with Crippen LogP contribution >= 0.6 is 11.8 Å². The molecule has 0 saturated heterocycles. The van der Waals surface area contributed by atoms with Gasteiger partial charge in [-0.1, -0.05) is 36.0 Å². The molecule has 2 aromatic rings. The van der Waals surface area contributed by atoms with Crippen LogP contribution in [0.2, 0.25) is 0 Å². The summed E-state index contributed by atoms with van der Waals surface area (Å²) in [6.07, 6.45) is 2.22. The Bertz CT molecular complexity index is 679. The fraction of sp³-hybridized carbons (Fsp3) is 0.438. The van der Waals surface area contributed by atoms with E-state index in [0.717, 1.165) is 35.9 Å². The van der Waals surface area contributed by atoms with Crippen molar-refractivity contribution < 1.29 is 4.79 Å². The number of hydrogen-bond acceptors (Lipinski definition) is 4. The van der Waals surface area contributed by atoms with Crippen molar-refractivity contribution in [3.8, 4) is 11.4 Å². The molecule has 1 heterocycles. The molecule has 0 bridgehead atoms. The van der Waals surface area contributed by atoms with Crippen LogP contribution < -0.4 is 5.32 Å². The highest BCUT2D eigenvalue weighted by molar-refractivity contribution is 7.99. The van der Waals surface area contributed by atoms with Crippen molar-refractivity contribution in [1.82, 2.24) is 20.1 Å². The Morgan fingerprint density at radius 2 is 2.14 bits per heavy atom. The highest BCUT2D eigenvalue weighted by Gasteiger charge is 2.23. The van der Waals surface area contributed by atoms with Crippen LogP contribution in [0, 0.1) is 6.92 Å². The van der Waals surface area contributed by atoms with E-state index in [4.69, 9.17) is 0 Å². The molecule has 0 aliphatic heterocycles. The minimum Gasteiger partial charge on any atom is -0.353 e. The van der Waals surface area contributed by atoms with Crippen molar-refractivity contribution in [3.05, 3.63) is 29.8 Å². The summed E-state index contributed by atoms with van der Waals surface area (Å²) in [5.41, 5.74) is 2.26. The minimum absolute atomic E-state index is 0.0793. The molecule has 22 heavy (non-hydrogen) atoms. The normalized spacial score (nSPS) is 14.1. The fourth-order valence-corrected chi connectivity index (χ4v) is 3.14. The second kappa shape index (κ2) is 6.52. The molecule has 0 radical (unpaired) electrons. The summed E-state index contributed by atoms with van der Waals surface area (Å²) in [7, 11) is 0. The SMILES string of the molecule is CCn1c(SCC(=O)NC2CC2)nnc1-c1ccccc1C. The maximum Gasteiger partial charge on any atom is 0.230 e. The highest BCUT2D eigenvalue weighted by Crippen LogP contribution is 2.26. The second-order valence-corrected chi connectivity index (χ2v) is 6.44. The molecular weight excluding hydrogens is 296 g/mol. The number of carbonyl (C=O) groups excluding carboxylic acids is 1. The first-order chi connectivity index (χ1) is 10.7. The molecule has 1 saturated carbocycles. The number of nitrogens with zero attached hydrogens (tertiary/aromatic N) is 3. The van der Waals surface area contributed by atoms with Crippen LogP contribution in [0.4, 0.5) is 0 Å². The maximum atomic E-state index is 11.8. The van der Waals surface area contributed by atoms with Gasteiger partial charge in [-0.2, -0.15) is 0 Å². The summed E-state index contributed by atoms with van der Waals surface area (Å²) >= 11 is 1.45. The smallest absolute Gasteiger partial charge is 0.230 e. The lowest BCUT2D eigenvalue weighted by Crippen LogP contribution is -2.27. The van der Waals surface area contributed by atoms with Gasteiger partial charge in [0.2, 0.25) is 5.91 Å². The monoisotopic (exact) mass is 316 g/mol. The molecule has 1 aliphatic rings. The minimum atomic E-state index is 0.0793. The summed E-state index contributed by atoms with van der Waals surface area (Å²) in [5.74, 6) is 1.34. The summed E-state index contributed by atoms with van der Waals surface area (Å²) in [4.78, 5) is 11.8. The molecule has 0 unspecified atom stereocenters. The van der Waals surface area contributed by atoms with Gasteiger partial charge < -0.3 is 9.88 Å². The Morgan fingerprint density at radius 3 is 2.82 bits per heavy atom. The predicted octanol–water partition coefficient (Wildman–Crippen LogP) is 2.64. The van der Waals surface area contributed by atoms with E-state index in [9.17, 15) is 4.79 Å². The van der Waals surface area contributed by atoms with E-state index in [2.05, 4.69) is 46.1 Å². The molecule has 3 rings (SSSR count). The summed E-state index contributed by atoms with van der Waals surface area (Å²) in [5, 5.41) is 12.4. The van der Waals surface area contributed by atoms with Gasteiger partial charge >= 0.3 is 0 Å². The Labute approximate surface area is 134 Å². The first kappa shape index (κ1) is 15.1. The molecular formula is C16H20N4OS. The number of amides is 1. The molecule has 6 heteroatoms. The summed E-state index contributed by atoms with van der Waals surface area (Å²) in [6, 6.07) is 8.55. The Kier molecular flexibility index (Phi) is 4.47. The predicted molar refractivity (Wildman–Crippen MR) is 87.8 cm³/mol. The quantitative estimate of drug-likeness (QED) is 0.832. The van der Waals surface area contributed by atoms with E-state index in [1.807, 2.05) is 12.1 Å². The second-order valence-electron chi connectivity index (χ2n) is 5.50. The van der Waals surface area contributed by atoms with Crippen molar-refractivity contribution in [2.24, 2.45) is 0 Å². The lowest BCUT2D eigenvalue weighted by Gasteiger charge is -2.09. The number of thioether (sulfide) groups is 1. The third kappa shape index (κ3) is 3.32. The van der Waals surface area contributed by atoms with Gasteiger partial charge in [-0.05, 0) is 32.3 Å². The zero-order valence-corrected chi connectivity index (χ0v) is 13.7. The van der Waals surface area contributed by atoms with Gasteiger partial charge in [-0.15, -0.1) is 10.2 Å². The van der Waals surface area contributed by atoms with Gasteiger partial charge in [0.25, 0.3) is 0 Å². The Morgan fingerprint density at radius 1 is 1.36 bits per heavy atom. The number of benzene rings is 1. The first-order valence-electron chi connectivity index (χ1n) is 7.60. The average molecular weight is 316 g/mol. The number of nitrogens with one attached hydrogen (secondary N) is 1. The van der Waals surface area contributed by atoms with Crippen LogP contribution in [0.15, 0.2) is 29.4 Å². The van der Waals surface area contributed by atoms with Gasteiger partial charge in [-0.3, -0.25) is 4.79 Å². The van der Waals surface area contributed by atoms with Crippen LogP contribution in [0.5, 0.6) is 0 Å². The van der Waals surface area contributed by atoms with Crippen molar-refractivity contribution in [2.45, 2.75) is 44.4 Å². The van der Waals surface area contributed by atoms with Gasteiger partial charge in [0, 0.05) is 18.2 Å². The molecule has 5 nitrogen and oxygen atoms in total. The van der Waals surface area contributed by atoms with Gasteiger partial charge in [0.15, 0.2) is 11.0 Å². The number of aromatic nitrogens is 3. The van der Waals surface area contributed by atoms with Crippen LogP contribution in [-0.4, -0.2) is 32.5 Å². The highest BCUT2D eigenvalue weighted by atomic mass is 32.2. The van der Waals surface area contributed by atoms with Crippen LogP contribution in [0.3, 0.4) is 0 Å². The first-order valence-corrected chi connectivity index (χ1v) is 8.59. The number of aryl methyl sites for hydroxylation is 1. The average Bonchev–Trinajstić information content (AvgIpc) is 3.23. The van der Waals surface area contributed by atoms with Crippen molar-refractivity contribution in [2.75, 3.05) is 5.75 Å². The largest absolute Gasteiger partial charge is 0.353 e. The summed E-state index contributed by atoms with van der Waals surface area (Å²) in [6.45, 7) is 4.92. The van der Waals surface area contributed by atoms with E-state index in [1.54, 1.807) is 0 Å². The topological polar surface area (TPSA) is 59.8 Å². The molecule has 1 amide bonds. The zero-order chi connectivity index (χ0) is 15.5. The lowest BCUT2D eigenvalue weighted by molar-refractivity contribution is -0.118. The standard InChI is InChI=1S/C16H20N4OS/c1-3-20-15(13-7-5-4-6-11(13)2)18-19-16(20)22-10-14(21)17-12-8-9-12/h4-7,12H,3,8-10H2,1-2H3,(H,17,21). The van der Waals surface area contributed by atoms with E-state index in [-0.39, 0.29) is 5.91 Å². The van der Waals surface area contributed by atoms with Gasteiger partial charge in [-0.25, -0.2) is 0 Å². The third-order valence-electron chi connectivity index (χ3n) is 3.69. The van der Waals surface area contributed by atoms with E-state index in [1.165, 1.54) is 17.3 Å². The van der Waals surface area contributed by atoms with Gasteiger partial charge in [0.1, 0.15) is 0 Å². The van der Waals surface area contributed by atoms with Crippen LogP contribution in [0.25, 0.3) is 11.4 Å². The zero-order valence-electron chi connectivity index (χ0n) is 12.9. The van der Waals surface area contributed by atoms with Gasteiger partial charge in [0.05, 0.1) is 5.75 Å². The maximum absolute atomic E-state index is 11.8. The van der Waals surface area contributed by atoms with E-state index < -0.39 is 0 Å². The van der Waals surface area contributed by atoms with Crippen LogP contribution in [0.1, 0.15) is 25.3 Å². The number of carbonyl (C=O) groups is 1. The molecule has 1 aromatic heterocycles. The fourth-order valence-electron chi connectivity index (χ4n) is 2.33. The molecule has 1 fully saturated rings. The molecule has 1 aromatic carbocycles. The van der Waals surface area contributed by atoms with E-state index in [0.29, 0.717) is 11.8 Å². The van der Waals surface area contributed by atoms with Crippen molar-refractivity contribution in [3.63, 3.8) is 0 Å². The number of rotatable bonds is 6. The Balaban J connectivity index is 1.75. The molecule has 0 atom stereocenters. The van der Waals surface area contributed by atoms with Crippen molar-refractivity contribution in [1.29, 1.82) is 0 Å². The van der Waals surface area contributed by atoms with Crippen molar-refractivity contribution >= 4 is 17.7 Å². The van der Waals surface area contributed by atoms with Crippen LogP contribution in [-0.2, 0) is 11.3 Å².